The highest BCUT2D eigenvalue weighted by atomic mass is 127. The molecule has 0 amide bonds. The number of aliphatic imine (C=N–C) groups is 1. The molecule has 27 heavy (non-hydrogen) atoms. The van der Waals surface area contributed by atoms with Crippen LogP contribution >= 0.6 is 39.9 Å². The molecular weight excluding hydrogens is 543 g/mol. The number of nitrogens with one attached hydrogen (secondary N) is 2. The normalized spacial score (nSPS) is 16.7. The lowest BCUT2D eigenvalue weighted by Gasteiger charge is -2.32. The van der Waals surface area contributed by atoms with E-state index in [-0.39, 0.29) is 35.8 Å². The summed E-state index contributed by atoms with van der Waals surface area (Å²) in [5.74, 6) is 0.952. The molecule has 1 aromatic carbocycles. The van der Waals surface area contributed by atoms with Crippen LogP contribution in [0.1, 0.15) is 37.8 Å². The second kappa shape index (κ2) is 11.6. The lowest BCUT2D eigenvalue weighted by molar-refractivity contribution is 0.306. The molecule has 0 radical (unpaired) electrons. The zero-order valence-corrected chi connectivity index (χ0v) is 20.9. The number of sulfonamides is 1. The number of guanidine groups is 1. The fourth-order valence-electron chi connectivity index (χ4n) is 2.98. The summed E-state index contributed by atoms with van der Waals surface area (Å²) in [5.41, 5.74) is 2.39. The monoisotopic (exact) mass is 572 g/mol. The molecule has 0 unspecified atom stereocenters. The Kier molecular flexibility index (Phi) is 10.6. The third-order valence-electron chi connectivity index (χ3n) is 4.61. The predicted molar refractivity (Wildman–Crippen MR) is 126 cm³/mol. The first-order valence-electron chi connectivity index (χ1n) is 9.13. The van der Waals surface area contributed by atoms with E-state index in [1.54, 1.807) is 11.2 Å². The maximum atomic E-state index is 12.0. The van der Waals surface area contributed by atoms with Gasteiger partial charge in [-0.05, 0) is 56.9 Å². The van der Waals surface area contributed by atoms with Gasteiger partial charge in [0.25, 0.3) is 0 Å². The Bertz CT molecular complexity index is 735. The third-order valence-corrected chi connectivity index (χ3v) is 6.98. The van der Waals surface area contributed by atoms with Crippen LogP contribution in [-0.4, -0.2) is 50.1 Å². The molecule has 1 fully saturated rings. The van der Waals surface area contributed by atoms with Crippen LogP contribution < -0.4 is 10.6 Å². The number of piperidine rings is 1. The maximum absolute atomic E-state index is 12.0. The van der Waals surface area contributed by atoms with Gasteiger partial charge in [0.1, 0.15) is 0 Å². The van der Waals surface area contributed by atoms with E-state index in [1.807, 2.05) is 13.0 Å². The highest BCUT2D eigenvalue weighted by molar-refractivity contribution is 14.0. The van der Waals surface area contributed by atoms with Crippen molar-refractivity contribution in [3.63, 3.8) is 0 Å². The van der Waals surface area contributed by atoms with Gasteiger partial charge in [-0.2, -0.15) is 0 Å². The summed E-state index contributed by atoms with van der Waals surface area (Å²) in [7, 11) is -3.08. The fraction of sp³-hybridized carbons (Fsp3) is 0.611. The van der Waals surface area contributed by atoms with Gasteiger partial charge in [-0.3, -0.25) is 0 Å². The largest absolute Gasteiger partial charge is 0.357 e. The molecule has 0 aliphatic carbocycles. The molecular formula is C18H30BrIN4O2S. The molecule has 1 aromatic rings. The van der Waals surface area contributed by atoms with Gasteiger partial charge in [-0.15, -0.1) is 24.0 Å². The van der Waals surface area contributed by atoms with Crippen LogP contribution in [0.5, 0.6) is 0 Å². The molecule has 2 rings (SSSR count). The van der Waals surface area contributed by atoms with E-state index >= 15 is 0 Å². The van der Waals surface area contributed by atoms with Gasteiger partial charge < -0.3 is 10.6 Å². The summed E-state index contributed by atoms with van der Waals surface area (Å²) in [5, 5.41) is 6.74. The van der Waals surface area contributed by atoms with Crippen molar-refractivity contribution in [2.24, 2.45) is 4.99 Å². The maximum Gasteiger partial charge on any atom is 0.213 e. The zero-order valence-electron chi connectivity index (χ0n) is 16.2. The molecule has 1 aliphatic heterocycles. The van der Waals surface area contributed by atoms with E-state index in [0.29, 0.717) is 19.6 Å². The number of nitrogens with zero attached hydrogens (tertiary/aromatic N) is 2. The smallest absolute Gasteiger partial charge is 0.213 e. The molecule has 0 spiro atoms. The second-order valence-corrected chi connectivity index (χ2v) is 9.66. The van der Waals surface area contributed by atoms with Crippen molar-refractivity contribution in [3.05, 3.63) is 33.8 Å². The fourth-order valence-corrected chi connectivity index (χ4v) is 4.58. The Morgan fingerprint density at radius 2 is 1.96 bits per heavy atom. The van der Waals surface area contributed by atoms with E-state index in [4.69, 9.17) is 4.99 Å². The van der Waals surface area contributed by atoms with Crippen molar-refractivity contribution >= 4 is 55.9 Å². The van der Waals surface area contributed by atoms with Crippen LogP contribution in [-0.2, 0) is 16.6 Å². The highest BCUT2D eigenvalue weighted by Crippen LogP contribution is 2.17. The first kappa shape index (κ1) is 24.6. The predicted octanol–water partition coefficient (Wildman–Crippen LogP) is 3.24. The molecule has 2 N–H and O–H groups in total. The quantitative estimate of drug-likeness (QED) is 0.312. The molecule has 9 heteroatoms. The summed E-state index contributed by atoms with van der Waals surface area (Å²) in [6.45, 7) is 8.35. The van der Waals surface area contributed by atoms with E-state index in [2.05, 4.69) is 45.6 Å². The average molecular weight is 573 g/mol. The van der Waals surface area contributed by atoms with Crippen molar-refractivity contribution in [1.82, 2.24) is 14.9 Å². The van der Waals surface area contributed by atoms with Crippen LogP contribution in [0, 0.1) is 6.92 Å². The number of aryl methyl sites for hydroxylation is 1. The minimum absolute atomic E-state index is 0. The van der Waals surface area contributed by atoms with Gasteiger partial charge in [-0.1, -0.05) is 22.0 Å². The second-order valence-electron chi connectivity index (χ2n) is 6.48. The van der Waals surface area contributed by atoms with Gasteiger partial charge in [0.05, 0.1) is 12.3 Å². The number of hydrogen-bond donors (Lipinski definition) is 2. The molecule has 1 heterocycles. The van der Waals surface area contributed by atoms with E-state index in [0.717, 1.165) is 29.8 Å². The Hall–Kier alpha value is -0.390. The number of benzene rings is 1. The Morgan fingerprint density at radius 1 is 1.30 bits per heavy atom. The minimum Gasteiger partial charge on any atom is -0.357 e. The summed E-state index contributed by atoms with van der Waals surface area (Å²) < 4.78 is 26.6. The van der Waals surface area contributed by atoms with Crippen LogP contribution in [0.15, 0.2) is 27.7 Å². The number of rotatable bonds is 6. The summed E-state index contributed by atoms with van der Waals surface area (Å²) in [6, 6.07) is 6.44. The van der Waals surface area contributed by atoms with Gasteiger partial charge in [-0.25, -0.2) is 17.7 Å². The van der Waals surface area contributed by atoms with Crippen molar-refractivity contribution in [2.45, 2.75) is 46.2 Å². The molecule has 0 bridgehead atoms. The summed E-state index contributed by atoms with van der Waals surface area (Å²) in [4.78, 5) is 4.70. The standard InChI is InChI=1S/C18H29BrN4O2S.HI/c1-4-20-18(21-13-15-6-7-16(19)12-14(15)3)22-17-8-10-23(11-9-17)26(24,25)5-2;/h6-7,12,17H,4-5,8-11,13H2,1-3H3,(H2,20,21,22);1H. The lowest BCUT2D eigenvalue weighted by Crippen LogP contribution is -2.50. The van der Waals surface area contributed by atoms with Gasteiger partial charge in [0, 0.05) is 30.1 Å². The van der Waals surface area contributed by atoms with Gasteiger partial charge in [0.15, 0.2) is 5.96 Å². The molecule has 1 saturated heterocycles. The van der Waals surface area contributed by atoms with Crippen LogP contribution in [0.3, 0.4) is 0 Å². The first-order valence-corrected chi connectivity index (χ1v) is 11.5. The van der Waals surface area contributed by atoms with Gasteiger partial charge >= 0.3 is 0 Å². The van der Waals surface area contributed by atoms with Crippen molar-refractivity contribution < 1.29 is 8.42 Å². The minimum atomic E-state index is -3.08. The molecule has 6 nitrogen and oxygen atoms in total. The molecule has 0 atom stereocenters. The van der Waals surface area contributed by atoms with Crippen molar-refractivity contribution in [3.8, 4) is 0 Å². The van der Waals surface area contributed by atoms with Gasteiger partial charge in [0.2, 0.25) is 10.0 Å². The van der Waals surface area contributed by atoms with E-state index < -0.39 is 10.0 Å². The summed E-state index contributed by atoms with van der Waals surface area (Å²) >= 11 is 3.48. The average Bonchev–Trinajstić information content (AvgIpc) is 2.61. The lowest BCUT2D eigenvalue weighted by atomic mass is 10.1. The summed E-state index contributed by atoms with van der Waals surface area (Å²) in [6.07, 6.45) is 1.59. The Balaban J connectivity index is 0.00000364. The zero-order chi connectivity index (χ0) is 19.2. The van der Waals surface area contributed by atoms with Crippen LogP contribution in [0.25, 0.3) is 0 Å². The highest BCUT2D eigenvalue weighted by Gasteiger charge is 2.26. The number of halogens is 2. The van der Waals surface area contributed by atoms with Crippen molar-refractivity contribution in [1.29, 1.82) is 0 Å². The number of hydrogen-bond acceptors (Lipinski definition) is 3. The third kappa shape index (κ3) is 7.51. The van der Waals surface area contributed by atoms with E-state index in [9.17, 15) is 8.42 Å². The Morgan fingerprint density at radius 3 is 2.52 bits per heavy atom. The molecule has 0 saturated carbocycles. The topological polar surface area (TPSA) is 73.8 Å². The molecule has 154 valence electrons. The van der Waals surface area contributed by atoms with Crippen LogP contribution in [0.2, 0.25) is 0 Å². The SMILES string of the molecule is CCNC(=NCc1ccc(Br)cc1C)NC1CCN(S(=O)(=O)CC)CC1.I. The first-order chi connectivity index (χ1) is 12.4. The van der Waals surface area contributed by atoms with E-state index in [1.165, 1.54) is 11.1 Å². The molecule has 1 aliphatic rings. The van der Waals surface area contributed by atoms with Crippen LogP contribution in [0.4, 0.5) is 0 Å². The van der Waals surface area contributed by atoms with Crippen molar-refractivity contribution in [2.75, 3.05) is 25.4 Å². The molecule has 0 aromatic heterocycles. The Labute approximate surface area is 188 Å².